The number of nitrogens with one attached hydrogen (secondary N) is 1. The van der Waals surface area contributed by atoms with Crippen molar-refractivity contribution >= 4 is 29.1 Å². The molecule has 1 aromatic rings. The molecular formula is C12H19ClN2S. The van der Waals surface area contributed by atoms with Gasteiger partial charge in [-0.05, 0) is 25.4 Å². The number of hydrogen-bond donors (Lipinski definition) is 1. The van der Waals surface area contributed by atoms with Gasteiger partial charge >= 0.3 is 0 Å². The average molecular weight is 259 g/mol. The number of thioether (sulfide) groups is 1. The molecule has 0 spiro atoms. The highest BCUT2D eigenvalue weighted by atomic mass is 35.5. The smallest absolute Gasteiger partial charge is 0.0471 e. The maximum atomic E-state index is 6.21. The Morgan fingerprint density at radius 2 is 2.19 bits per heavy atom. The first-order valence-electron chi connectivity index (χ1n) is 5.32. The van der Waals surface area contributed by atoms with Crippen LogP contribution in [-0.4, -0.2) is 32.6 Å². The summed E-state index contributed by atoms with van der Waals surface area (Å²) >= 11 is 8.07. The van der Waals surface area contributed by atoms with Gasteiger partial charge in [-0.1, -0.05) is 17.7 Å². The second-order valence-corrected chi connectivity index (χ2v) is 5.07. The molecule has 0 aliphatic carbocycles. The van der Waals surface area contributed by atoms with E-state index in [2.05, 4.69) is 29.6 Å². The van der Waals surface area contributed by atoms with E-state index in [0.717, 1.165) is 23.9 Å². The van der Waals surface area contributed by atoms with Crippen LogP contribution in [0.1, 0.15) is 5.56 Å². The Hall–Kier alpha value is -0.380. The fourth-order valence-electron chi connectivity index (χ4n) is 1.61. The lowest BCUT2D eigenvalue weighted by Gasteiger charge is -2.22. The van der Waals surface area contributed by atoms with Crippen LogP contribution in [0.4, 0.5) is 5.69 Å². The van der Waals surface area contributed by atoms with Crippen molar-refractivity contribution in [2.24, 2.45) is 0 Å². The molecule has 0 amide bonds. The Morgan fingerprint density at radius 3 is 2.81 bits per heavy atom. The minimum absolute atomic E-state index is 0.804. The Labute approximate surface area is 107 Å². The molecule has 0 bridgehead atoms. The Balaban J connectivity index is 2.88. The van der Waals surface area contributed by atoms with Crippen molar-refractivity contribution < 1.29 is 0 Å². The van der Waals surface area contributed by atoms with Gasteiger partial charge in [-0.3, -0.25) is 0 Å². The third kappa shape index (κ3) is 3.58. The maximum absolute atomic E-state index is 6.21. The van der Waals surface area contributed by atoms with E-state index in [4.69, 9.17) is 11.6 Å². The summed E-state index contributed by atoms with van der Waals surface area (Å²) in [6.45, 7) is 1.84. The molecule has 1 N–H and O–H groups in total. The summed E-state index contributed by atoms with van der Waals surface area (Å²) in [5, 5.41) is 4.00. The van der Waals surface area contributed by atoms with Crippen LogP contribution < -0.4 is 10.2 Å². The van der Waals surface area contributed by atoms with Crippen molar-refractivity contribution in [3.05, 3.63) is 28.8 Å². The first-order valence-corrected chi connectivity index (χ1v) is 7.10. The molecule has 4 heteroatoms. The summed E-state index contributed by atoms with van der Waals surface area (Å²) in [7, 11) is 4.05. The lowest BCUT2D eigenvalue weighted by atomic mass is 10.1. The molecule has 16 heavy (non-hydrogen) atoms. The van der Waals surface area contributed by atoms with Gasteiger partial charge in [0.05, 0.1) is 0 Å². The molecule has 90 valence electrons. The van der Waals surface area contributed by atoms with E-state index in [1.807, 2.05) is 30.9 Å². The molecule has 0 atom stereocenters. The Morgan fingerprint density at radius 1 is 1.44 bits per heavy atom. The van der Waals surface area contributed by atoms with E-state index >= 15 is 0 Å². The van der Waals surface area contributed by atoms with Gasteiger partial charge < -0.3 is 10.2 Å². The highest BCUT2D eigenvalue weighted by Gasteiger charge is 2.09. The predicted octanol–water partition coefficient (Wildman–Crippen LogP) is 2.86. The quantitative estimate of drug-likeness (QED) is 0.845. The highest BCUT2D eigenvalue weighted by Crippen LogP contribution is 2.26. The first-order chi connectivity index (χ1) is 7.70. The molecule has 2 nitrogen and oxygen atoms in total. The van der Waals surface area contributed by atoms with Crippen molar-refractivity contribution in [3.8, 4) is 0 Å². The highest BCUT2D eigenvalue weighted by molar-refractivity contribution is 7.98. The fourth-order valence-corrected chi connectivity index (χ4v) is 2.30. The molecule has 0 fully saturated rings. The summed E-state index contributed by atoms with van der Waals surface area (Å²) in [4.78, 5) is 2.26. The van der Waals surface area contributed by atoms with Gasteiger partial charge in [0, 0.05) is 42.2 Å². The molecule has 0 unspecified atom stereocenters. The third-order valence-corrected chi connectivity index (χ3v) is 3.43. The standard InChI is InChI=1S/C12H19ClN2S/c1-14-9-10-11(13)5-4-6-12(10)15(2)7-8-16-3/h4-6,14H,7-9H2,1-3H3. The minimum atomic E-state index is 0.804. The van der Waals surface area contributed by atoms with Crippen LogP contribution in [0.2, 0.25) is 5.02 Å². The van der Waals surface area contributed by atoms with Crippen LogP contribution >= 0.6 is 23.4 Å². The Kier molecular flexibility index (Phi) is 6.03. The molecule has 1 aromatic carbocycles. The number of nitrogens with zero attached hydrogens (tertiary/aromatic N) is 1. The predicted molar refractivity (Wildman–Crippen MR) is 75.9 cm³/mol. The number of rotatable bonds is 6. The van der Waals surface area contributed by atoms with E-state index < -0.39 is 0 Å². The van der Waals surface area contributed by atoms with E-state index in [0.29, 0.717) is 0 Å². The van der Waals surface area contributed by atoms with Gasteiger partial charge in [-0.25, -0.2) is 0 Å². The molecule has 0 heterocycles. The normalized spacial score (nSPS) is 10.5. The van der Waals surface area contributed by atoms with Gasteiger partial charge in [-0.15, -0.1) is 0 Å². The molecule has 0 saturated carbocycles. The summed E-state index contributed by atoms with van der Waals surface area (Å²) in [5.41, 5.74) is 2.39. The number of halogens is 1. The Bertz CT molecular complexity index is 331. The zero-order chi connectivity index (χ0) is 12.0. The molecule has 0 aliphatic heterocycles. The number of benzene rings is 1. The topological polar surface area (TPSA) is 15.3 Å². The molecule has 0 aliphatic rings. The second kappa shape index (κ2) is 7.05. The van der Waals surface area contributed by atoms with Crippen LogP contribution in [0.3, 0.4) is 0 Å². The van der Waals surface area contributed by atoms with E-state index in [-0.39, 0.29) is 0 Å². The van der Waals surface area contributed by atoms with Crippen LogP contribution in [0.15, 0.2) is 18.2 Å². The van der Waals surface area contributed by atoms with Crippen molar-refractivity contribution in [1.82, 2.24) is 5.32 Å². The second-order valence-electron chi connectivity index (χ2n) is 3.68. The van der Waals surface area contributed by atoms with Gasteiger partial charge in [0.1, 0.15) is 0 Å². The van der Waals surface area contributed by atoms with Crippen LogP contribution in [0.5, 0.6) is 0 Å². The molecule has 0 aromatic heterocycles. The zero-order valence-electron chi connectivity index (χ0n) is 10.1. The van der Waals surface area contributed by atoms with E-state index in [1.165, 1.54) is 11.3 Å². The summed E-state index contributed by atoms with van der Waals surface area (Å²) in [5.74, 6) is 1.13. The summed E-state index contributed by atoms with van der Waals surface area (Å²) in [6.07, 6.45) is 2.13. The van der Waals surface area contributed by atoms with Crippen molar-refractivity contribution in [3.63, 3.8) is 0 Å². The maximum Gasteiger partial charge on any atom is 0.0471 e. The minimum Gasteiger partial charge on any atom is -0.373 e. The van der Waals surface area contributed by atoms with Crippen LogP contribution in [0.25, 0.3) is 0 Å². The van der Waals surface area contributed by atoms with Gasteiger partial charge in [0.2, 0.25) is 0 Å². The zero-order valence-corrected chi connectivity index (χ0v) is 11.7. The average Bonchev–Trinajstić information content (AvgIpc) is 2.29. The third-order valence-electron chi connectivity index (χ3n) is 2.49. The van der Waals surface area contributed by atoms with Crippen LogP contribution in [-0.2, 0) is 6.54 Å². The summed E-state index contributed by atoms with van der Waals surface area (Å²) in [6, 6.07) is 6.07. The number of hydrogen-bond acceptors (Lipinski definition) is 3. The van der Waals surface area contributed by atoms with E-state index in [1.54, 1.807) is 0 Å². The van der Waals surface area contributed by atoms with Crippen molar-refractivity contribution in [2.75, 3.05) is 37.5 Å². The summed E-state index contributed by atoms with van der Waals surface area (Å²) < 4.78 is 0. The van der Waals surface area contributed by atoms with Crippen molar-refractivity contribution in [2.45, 2.75) is 6.54 Å². The SMILES string of the molecule is CNCc1c(Cl)cccc1N(C)CCSC. The van der Waals surface area contributed by atoms with Crippen molar-refractivity contribution in [1.29, 1.82) is 0 Å². The molecule has 1 rings (SSSR count). The van der Waals surface area contributed by atoms with Gasteiger partial charge in [0.25, 0.3) is 0 Å². The van der Waals surface area contributed by atoms with Gasteiger partial charge in [0.15, 0.2) is 0 Å². The van der Waals surface area contributed by atoms with Gasteiger partial charge in [-0.2, -0.15) is 11.8 Å². The first kappa shape index (κ1) is 13.7. The molecule has 0 saturated heterocycles. The lowest BCUT2D eigenvalue weighted by Crippen LogP contribution is -2.22. The largest absolute Gasteiger partial charge is 0.373 e. The molecule has 0 radical (unpaired) electrons. The lowest BCUT2D eigenvalue weighted by molar-refractivity contribution is 0.810. The monoisotopic (exact) mass is 258 g/mol. The number of anilines is 1. The molecular weight excluding hydrogens is 240 g/mol. The van der Waals surface area contributed by atoms with E-state index in [9.17, 15) is 0 Å². The fraction of sp³-hybridized carbons (Fsp3) is 0.500. The van der Waals surface area contributed by atoms with Crippen LogP contribution in [0, 0.1) is 0 Å².